The number of hydrogen-bond donors (Lipinski definition) is 3. The highest BCUT2D eigenvalue weighted by molar-refractivity contribution is 5.91. The van der Waals surface area contributed by atoms with E-state index < -0.39 is 0 Å². The molecule has 2 fully saturated rings. The molecule has 0 aliphatic carbocycles. The van der Waals surface area contributed by atoms with Crippen molar-refractivity contribution in [3.05, 3.63) is 54.6 Å². The monoisotopic (exact) mass is 454 g/mol. The van der Waals surface area contributed by atoms with Crippen LogP contribution < -0.4 is 5.73 Å². The van der Waals surface area contributed by atoms with Crippen molar-refractivity contribution in [2.45, 2.75) is 43.7 Å². The summed E-state index contributed by atoms with van der Waals surface area (Å²) in [5, 5.41) is 13.2. The Kier molecular flexibility index (Phi) is 4.02. The van der Waals surface area contributed by atoms with E-state index in [1.165, 1.54) is 6.33 Å². The first-order chi connectivity index (χ1) is 16.7. The van der Waals surface area contributed by atoms with E-state index in [2.05, 4.69) is 36.3 Å². The van der Waals surface area contributed by atoms with Gasteiger partial charge in [-0.1, -0.05) is 0 Å². The van der Waals surface area contributed by atoms with E-state index in [4.69, 9.17) is 10.7 Å². The van der Waals surface area contributed by atoms with E-state index in [9.17, 15) is 4.79 Å². The molecule has 7 heterocycles. The third kappa shape index (κ3) is 2.82. The van der Waals surface area contributed by atoms with Gasteiger partial charge in [-0.25, -0.2) is 9.97 Å². The first kappa shape index (κ1) is 19.2. The summed E-state index contributed by atoms with van der Waals surface area (Å²) < 4.78 is 1.68. The molecule has 1 amide bonds. The number of nitrogen functional groups attached to an aromatic ring is 1. The number of aromatic amines is 2. The lowest BCUT2D eigenvalue weighted by atomic mass is 9.87. The standard InChI is InChI=1S/C23H22N10O/c24-19-8-18(13-6-15-1-2-16(7-13)32(15)23(34)21-27-11-28-31-21)30-22-17(10-29-33(19)22)14-5-12-3-4-25-20(12)26-9-14/h3-5,8-11,13,15-16H,1-2,6-7,24H2,(H,25,26)(H,27,28,31)/t13-,15-,16+. The average Bonchev–Trinajstić information content (AvgIpc) is 3.64. The molecule has 0 unspecified atom stereocenters. The number of H-pyrrole nitrogens is 2. The van der Waals surface area contributed by atoms with Crippen LogP contribution in [0.15, 0.2) is 43.1 Å². The van der Waals surface area contributed by atoms with Crippen LogP contribution in [0.2, 0.25) is 0 Å². The summed E-state index contributed by atoms with van der Waals surface area (Å²) in [6, 6.07) is 6.31. The predicted molar refractivity (Wildman–Crippen MR) is 124 cm³/mol. The van der Waals surface area contributed by atoms with E-state index in [0.29, 0.717) is 11.6 Å². The second-order valence-corrected chi connectivity index (χ2v) is 9.14. The van der Waals surface area contributed by atoms with Gasteiger partial charge < -0.3 is 20.6 Å². The lowest BCUT2D eigenvalue weighted by Crippen LogP contribution is -2.46. The van der Waals surface area contributed by atoms with Crippen LogP contribution >= 0.6 is 0 Å². The molecule has 0 saturated carbocycles. The molecule has 3 atom stereocenters. The maximum absolute atomic E-state index is 13.0. The van der Waals surface area contributed by atoms with Gasteiger partial charge >= 0.3 is 0 Å². The molecule has 2 aliphatic rings. The molecular formula is C23H22N10O. The minimum Gasteiger partial charge on any atom is -0.384 e. The van der Waals surface area contributed by atoms with E-state index in [-0.39, 0.29) is 23.9 Å². The fourth-order valence-electron chi connectivity index (χ4n) is 5.69. The van der Waals surface area contributed by atoms with Crippen molar-refractivity contribution in [3.63, 3.8) is 0 Å². The Hall–Kier alpha value is -4.28. The van der Waals surface area contributed by atoms with Gasteiger partial charge in [0.1, 0.15) is 17.8 Å². The molecule has 7 rings (SSSR count). The Morgan fingerprint density at radius 2 is 1.97 bits per heavy atom. The highest BCUT2D eigenvalue weighted by atomic mass is 16.2. The zero-order valence-electron chi connectivity index (χ0n) is 18.2. The molecular weight excluding hydrogens is 432 g/mol. The summed E-state index contributed by atoms with van der Waals surface area (Å²) in [7, 11) is 0. The molecule has 5 aromatic heterocycles. The van der Waals surface area contributed by atoms with E-state index in [1.54, 1.807) is 10.7 Å². The van der Waals surface area contributed by atoms with Crippen molar-refractivity contribution in [2.24, 2.45) is 0 Å². The number of rotatable bonds is 3. The van der Waals surface area contributed by atoms with Gasteiger partial charge in [-0.3, -0.25) is 4.79 Å². The maximum atomic E-state index is 13.0. The number of hydrogen-bond acceptors (Lipinski definition) is 7. The van der Waals surface area contributed by atoms with E-state index >= 15 is 0 Å². The number of carbonyl (C=O) groups is 1. The minimum atomic E-state index is -0.0721. The summed E-state index contributed by atoms with van der Waals surface area (Å²) in [4.78, 5) is 30.5. The quantitative estimate of drug-likeness (QED) is 0.379. The summed E-state index contributed by atoms with van der Waals surface area (Å²) in [6.45, 7) is 0. The first-order valence-electron chi connectivity index (χ1n) is 11.4. The third-order valence-corrected chi connectivity index (χ3v) is 7.24. The van der Waals surface area contributed by atoms with Gasteiger partial charge in [0, 0.05) is 58.7 Å². The van der Waals surface area contributed by atoms with Crippen LogP contribution in [0.4, 0.5) is 5.82 Å². The smallest absolute Gasteiger partial charge is 0.292 e. The molecule has 0 spiro atoms. The molecule has 11 heteroatoms. The van der Waals surface area contributed by atoms with Gasteiger partial charge in [0.2, 0.25) is 5.82 Å². The van der Waals surface area contributed by atoms with Crippen molar-refractivity contribution in [1.82, 2.24) is 44.6 Å². The van der Waals surface area contributed by atoms with Crippen molar-refractivity contribution < 1.29 is 4.79 Å². The van der Waals surface area contributed by atoms with Crippen LogP contribution in [0, 0.1) is 0 Å². The molecule has 2 aliphatic heterocycles. The Morgan fingerprint density at radius 3 is 2.76 bits per heavy atom. The number of nitrogens with zero attached hydrogens (tertiary/aromatic N) is 7. The van der Waals surface area contributed by atoms with E-state index in [0.717, 1.165) is 59.2 Å². The third-order valence-electron chi connectivity index (χ3n) is 7.24. The number of fused-ring (bicyclic) bond motifs is 4. The number of nitrogens with one attached hydrogen (secondary N) is 2. The molecule has 5 aromatic rings. The van der Waals surface area contributed by atoms with Crippen molar-refractivity contribution in [3.8, 4) is 11.1 Å². The number of pyridine rings is 1. The maximum Gasteiger partial charge on any atom is 0.292 e. The summed E-state index contributed by atoms with van der Waals surface area (Å²) in [6.07, 6.45) is 10.6. The van der Waals surface area contributed by atoms with Gasteiger partial charge in [-0.15, -0.1) is 10.2 Å². The van der Waals surface area contributed by atoms with Crippen LogP contribution in [-0.2, 0) is 0 Å². The number of aromatic nitrogens is 8. The number of amides is 1. The number of carbonyl (C=O) groups excluding carboxylic acids is 1. The topological polar surface area (TPSA) is 147 Å². The zero-order valence-corrected chi connectivity index (χ0v) is 18.2. The molecule has 4 N–H and O–H groups in total. The van der Waals surface area contributed by atoms with Crippen LogP contribution in [0.3, 0.4) is 0 Å². The summed E-state index contributed by atoms with van der Waals surface area (Å²) in [5.74, 6) is 0.999. The number of anilines is 1. The number of nitrogens with two attached hydrogens (primary N) is 1. The van der Waals surface area contributed by atoms with Crippen molar-refractivity contribution in [2.75, 3.05) is 5.73 Å². The van der Waals surface area contributed by atoms with Crippen molar-refractivity contribution >= 4 is 28.4 Å². The largest absolute Gasteiger partial charge is 0.384 e. The first-order valence-corrected chi connectivity index (χ1v) is 11.4. The Bertz CT molecular complexity index is 1520. The second kappa shape index (κ2) is 7.11. The average molecular weight is 454 g/mol. The highest BCUT2D eigenvalue weighted by Gasteiger charge is 2.45. The van der Waals surface area contributed by atoms with Crippen LogP contribution in [0.1, 0.15) is 47.9 Å². The summed E-state index contributed by atoms with van der Waals surface area (Å²) >= 11 is 0. The Morgan fingerprint density at radius 1 is 1.12 bits per heavy atom. The second-order valence-electron chi connectivity index (χ2n) is 9.14. The van der Waals surface area contributed by atoms with Gasteiger partial charge in [0.05, 0.1) is 6.20 Å². The molecule has 2 bridgehead atoms. The normalized spacial score (nSPS) is 22.1. The Balaban J connectivity index is 1.23. The van der Waals surface area contributed by atoms with Crippen molar-refractivity contribution in [1.29, 1.82) is 0 Å². The highest BCUT2D eigenvalue weighted by Crippen LogP contribution is 2.43. The minimum absolute atomic E-state index is 0.0721. The lowest BCUT2D eigenvalue weighted by Gasteiger charge is -2.38. The predicted octanol–water partition coefficient (Wildman–Crippen LogP) is 2.52. The van der Waals surface area contributed by atoms with Gasteiger partial charge in [-0.05, 0) is 37.8 Å². The SMILES string of the molecule is Nc1cc([C@@H]2C[C@H]3CC[C@@H](C2)N3C(=O)c2nnc[nH]2)nc2c(-c3cnc4[nH]ccc4c3)cnn12. The summed E-state index contributed by atoms with van der Waals surface area (Å²) in [5.41, 5.74) is 10.8. The van der Waals surface area contributed by atoms with Crippen LogP contribution in [0.25, 0.3) is 27.8 Å². The van der Waals surface area contributed by atoms with Gasteiger partial charge in [-0.2, -0.15) is 9.61 Å². The fourth-order valence-corrected chi connectivity index (χ4v) is 5.69. The molecule has 170 valence electrons. The lowest BCUT2D eigenvalue weighted by molar-refractivity contribution is 0.0557. The molecule has 34 heavy (non-hydrogen) atoms. The molecule has 2 saturated heterocycles. The molecule has 0 radical (unpaired) electrons. The zero-order chi connectivity index (χ0) is 22.8. The number of piperidine rings is 1. The fraction of sp³-hybridized carbons (Fsp3) is 0.304. The van der Waals surface area contributed by atoms with Gasteiger partial charge in [0.25, 0.3) is 5.91 Å². The van der Waals surface area contributed by atoms with Crippen LogP contribution in [0.5, 0.6) is 0 Å². The Labute approximate surface area is 193 Å². The van der Waals surface area contributed by atoms with Crippen LogP contribution in [-0.4, -0.2) is 62.6 Å². The molecule has 11 nitrogen and oxygen atoms in total. The van der Waals surface area contributed by atoms with Gasteiger partial charge in [0.15, 0.2) is 5.65 Å². The van der Waals surface area contributed by atoms with E-state index in [1.807, 2.05) is 29.4 Å². The molecule has 0 aromatic carbocycles.